The zero-order valence-corrected chi connectivity index (χ0v) is 16.1. The van der Waals surface area contributed by atoms with Crippen molar-refractivity contribution < 1.29 is 4.57 Å². The number of rotatable bonds is 4. The van der Waals surface area contributed by atoms with Gasteiger partial charge in [0, 0.05) is 5.38 Å². The lowest BCUT2D eigenvalue weighted by Gasteiger charge is -2.04. The summed E-state index contributed by atoms with van der Waals surface area (Å²) in [4.78, 5) is 1.27. The van der Waals surface area contributed by atoms with Gasteiger partial charge in [0.1, 0.15) is 11.4 Å². The van der Waals surface area contributed by atoms with Crippen LogP contribution >= 0.6 is 39.7 Å². The monoisotopic (exact) mass is 415 g/mol. The number of nitrogens with zero attached hydrogens (tertiary/aromatic N) is 1. The predicted molar refractivity (Wildman–Crippen MR) is 109 cm³/mol. The quantitative estimate of drug-likeness (QED) is 0.399. The molecule has 0 fully saturated rings. The molecule has 0 radical (unpaired) electrons. The van der Waals surface area contributed by atoms with Crippen LogP contribution in [0.4, 0.5) is 10.8 Å². The second-order valence-electron chi connectivity index (χ2n) is 5.07. The standard InChI is InChI=1S/C19H14N2S2.BrH/c1-3-8-15(9-4-1)20-19-21(16-10-5-2-6-11-16)17(14-23-19)18-12-7-13-22-18;/h1-14H;1H/p+1. The summed E-state index contributed by atoms with van der Waals surface area (Å²) in [6.07, 6.45) is 0. The second-order valence-corrected chi connectivity index (χ2v) is 6.87. The summed E-state index contributed by atoms with van der Waals surface area (Å²) in [5, 5.41) is 8.97. The largest absolute Gasteiger partial charge is 0.344 e. The molecule has 0 unspecified atom stereocenters. The van der Waals surface area contributed by atoms with Crippen LogP contribution in [0.3, 0.4) is 0 Å². The Morgan fingerprint density at radius 3 is 2.12 bits per heavy atom. The topological polar surface area (TPSA) is 15.9 Å². The highest BCUT2D eigenvalue weighted by atomic mass is 79.9. The van der Waals surface area contributed by atoms with Crippen LogP contribution in [0.2, 0.25) is 0 Å². The molecule has 120 valence electrons. The van der Waals surface area contributed by atoms with E-state index >= 15 is 0 Å². The number of thiazole rings is 1. The van der Waals surface area contributed by atoms with E-state index in [9.17, 15) is 0 Å². The third-order valence-electron chi connectivity index (χ3n) is 3.54. The van der Waals surface area contributed by atoms with Crippen LogP contribution in [-0.4, -0.2) is 0 Å². The molecule has 2 aromatic heterocycles. The fourth-order valence-electron chi connectivity index (χ4n) is 2.48. The summed E-state index contributed by atoms with van der Waals surface area (Å²) >= 11 is 3.49. The molecule has 24 heavy (non-hydrogen) atoms. The van der Waals surface area contributed by atoms with Gasteiger partial charge in [-0.25, -0.2) is 5.32 Å². The molecular weight excluding hydrogens is 400 g/mol. The number of aromatic nitrogens is 1. The molecule has 0 bridgehead atoms. The number of halogens is 1. The molecule has 2 aromatic carbocycles. The SMILES string of the molecule is Br.c1ccc(Nc2scc(-c3cccs3)[n+]2-c2ccccc2)cc1. The summed E-state index contributed by atoms with van der Waals surface area (Å²) in [5.41, 5.74) is 3.47. The number of hydrogen-bond acceptors (Lipinski definition) is 3. The summed E-state index contributed by atoms with van der Waals surface area (Å²) in [6.45, 7) is 0. The molecule has 4 aromatic rings. The van der Waals surface area contributed by atoms with Gasteiger partial charge in [0.25, 0.3) is 0 Å². The summed E-state index contributed by atoms with van der Waals surface area (Å²) in [6, 6.07) is 25.0. The van der Waals surface area contributed by atoms with Gasteiger partial charge >= 0.3 is 5.13 Å². The van der Waals surface area contributed by atoms with Crippen molar-refractivity contribution in [2.45, 2.75) is 0 Å². The van der Waals surface area contributed by atoms with Crippen molar-refractivity contribution in [3.05, 3.63) is 83.6 Å². The predicted octanol–water partition coefficient (Wildman–Crippen LogP) is 6.07. The minimum atomic E-state index is 0. The Hall–Kier alpha value is -1.95. The highest BCUT2D eigenvalue weighted by Crippen LogP contribution is 2.30. The molecule has 5 heteroatoms. The summed E-state index contributed by atoms with van der Waals surface area (Å²) < 4.78 is 2.28. The highest BCUT2D eigenvalue weighted by molar-refractivity contribution is 8.93. The van der Waals surface area contributed by atoms with E-state index in [0.717, 1.165) is 16.5 Å². The lowest BCUT2D eigenvalue weighted by Crippen LogP contribution is -2.33. The van der Waals surface area contributed by atoms with E-state index in [1.807, 2.05) is 24.3 Å². The highest BCUT2D eigenvalue weighted by Gasteiger charge is 2.21. The van der Waals surface area contributed by atoms with Gasteiger partial charge in [-0.3, -0.25) is 0 Å². The fourth-order valence-corrected chi connectivity index (χ4v) is 4.23. The van der Waals surface area contributed by atoms with Gasteiger partial charge in [-0.05, 0) is 35.7 Å². The fraction of sp³-hybridized carbons (Fsp3) is 0. The molecular formula is C19H16BrN2S2+. The summed E-state index contributed by atoms with van der Waals surface area (Å²) in [7, 11) is 0. The molecule has 0 spiro atoms. The first-order valence-corrected chi connectivity index (χ1v) is 9.13. The molecule has 0 saturated heterocycles. The van der Waals surface area contributed by atoms with Crippen LogP contribution in [0.5, 0.6) is 0 Å². The number of benzene rings is 2. The van der Waals surface area contributed by atoms with E-state index < -0.39 is 0 Å². The van der Waals surface area contributed by atoms with Gasteiger partial charge in [0.2, 0.25) is 0 Å². The number of anilines is 2. The van der Waals surface area contributed by atoms with Crippen LogP contribution < -0.4 is 9.88 Å². The van der Waals surface area contributed by atoms with Crippen molar-refractivity contribution in [3.8, 4) is 16.3 Å². The minimum Gasteiger partial charge on any atom is -0.231 e. The smallest absolute Gasteiger partial charge is 0.231 e. The molecule has 2 heterocycles. The van der Waals surface area contributed by atoms with Crippen molar-refractivity contribution >= 4 is 50.5 Å². The van der Waals surface area contributed by atoms with Crippen LogP contribution in [-0.2, 0) is 0 Å². The lowest BCUT2D eigenvalue weighted by atomic mass is 10.3. The normalized spacial score (nSPS) is 10.2. The van der Waals surface area contributed by atoms with Gasteiger partial charge in [-0.1, -0.05) is 53.8 Å². The second kappa shape index (κ2) is 7.75. The number of thiophene rings is 1. The van der Waals surface area contributed by atoms with Crippen molar-refractivity contribution in [3.63, 3.8) is 0 Å². The van der Waals surface area contributed by atoms with Gasteiger partial charge in [-0.2, -0.15) is 4.57 Å². The first-order valence-electron chi connectivity index (χ1n) is 7.37. The van der Waals surface area contributed by atoms with E-state index in [1.54, 1.807) is 22.7 Å². The van der Waals surface area contributed by atoms with E-state index in [2.05, 4.69) is 69.2 Å². The van der Waals surface area contributed by atoms with Crippen LogP contribution in [0.25, 0.3) is 16.3 Å². The maximum absolute atomic E-state index is 3.54. The van der Waals surface area contributed by atoms with Gasteiger partial charge < -0.3 is 0 Å². The van der Waals surface area contributed by atoms with Crippen molar-refractivity contribution in [1.29, 1.82) is 0 Å². The van der Waals surface area contributed by atoms with Gasteiger partial charge in [0.15, 0.2) is 5.69 Å². The molecule has 0 aliphatic heterocycles. The average molecular weight is 416 g/mol. The summed E-state index contributed by atoms with van der Waals surface area (Å²) in [5.74, 6) is 0. The Morgan fingerprint density at radius 1 is 0.750 bits per heavy atom. The molecule has 0 aliphatic carbocycles. The van der Waals surface area contributed by atoms with E-state index in [4.69, 9.17) is 0 Å². The Bertz CT molecular complexity index is 888. The Kier molecular flexibility index (Phi) is 5.45. The zero-order chi connectivity index (χ0) is 15.5. The molecule has 0 aliphatic rings. The third-order valence-corrected chi connectivity index (χ3v) is 5.28. The average Bonchev–Trinajstić information content (AvgIpc) is 3.26. The van der Waals surface area contributed by atoms with Gasteiger partial charge in [-0.15, -0.1) is 28.3 Å². The van der Waals surface area contributed by atoms with E-state index in [-0.39, 0.29) is 17.0 Å². The Labute approximate surface area is 159 Å². The number of hydrogen-bond donors (Lipinski definition) is 1. The molecule has 0 amide bonds. The maximum atomic E-state index is 3.54. The molecule has 4 rings (SSSR count). The van der Waals surface area contributed by atoms with Crippen LogP contribution in [0.1, 0.15) is 0 Å². The number of nitrogens with one attached hydrogen (secondary N) is 1. The zero-order valence-electron chi connectivity index (χ0n) is 12.8. The van der Waals surface area contributed by atoms with Crippen molar-refractivity contribution in [2.24, 2.45) is 0 Å². The van der Waals surface area contributed by atoms with E-state index in [0.29, 0.717) is 0 Å². The number of para-hydroxylation sites is 2. The minimum absolute atomic E-state index is 0. The van der Waals surface area contributed by atoms with Gasteiger partial charge in [0.05, 0.1) is 4.88 Å². The van der Waals surface area contributed by atoms with Crippen LogP contribution in [0, 0.1) is 0 Å². The Balaban J connectivity index is 0.00000169. The van der Waals surface area contributed by atoms with Crippen LogP contribution in [0.15, 0.2) is 83.6 Å². The Morgan fingerprint density at radius 2 is 1.46 bits per heavy atom. The molecule has 2 nitrogen and oxygen atoms in total. The lowest BCUT2D eigenvalue weighted by molar-refractivity contribution is -0.563. The van der Waals surface area contributed by atoms with Crippen molar-refractivity contribution in [1.82, 2.24) is 0 Å². The maximum Gasteiger partial charge on any atom is 0.344 e. The third kappa shape index (κ3) is 3.43. The molecule has 1 N–H and O–H groups in total. The first kappa shape index (κ1) is 16.9. The van der Waals surface area contributed by atoms with E-state index in [1.165, 1.54) is 10.6 Å². The molecule has 0 atom stereocenters. The molecule has 0 saturated carbocycles. The van der Waals surface area contributed by atoms with Crippen molar-refractivity contribution in [2.75, 3.05) is 5.32 Å². The first-order chi connectivity index (χ1) is 11.4.